The fourth-order valence-corrected chi connectivity index (χ4v) is 5.78. The van der Waals surface area contributed by atoms with Gasteiger partial charge < -0.3 is 10.1 Å². The summed E-state index contributed by atoms with van der Waals surface area (Å²) in [4.78, 5) is 26.4. The number of fused-ring (bicyclic) bond motifs is 1. The van der Waals surface area contributed by atoms with Crippen molar-refractivity contribution >= 4 is 39.2 Å². The summed E-state index contributed by atoms with van der Waals surface area (Å²) in [6.07, 6.45) is 0. The van der Waals surface area contributed by atoms with Gasteiger partial charge in [0.05, 0.1) is 19.0 Å². The van der Waals surface area contributed by atoms with Crippen molar-refractivity contribution in [1.29, 1.82) is 0 Å². The van der Waals surface area contributed by atoms with Crippen molar-refractivity contribution in [3.63, 3.8) is 0 Å². The van der Waals surface area contributed by atoms with E-state index in [0.29, 0.717) is 12.3 Å². The fraction of sp³-hybridized carbons (Fsp3) is 0.435. The van der Waals surface area contributed by atoms with E-state index >= 15 is 0 Å². The Bertz CT molecular complexity index is 1080. The Balaban J connectivity index is 1.37. The monoisotopic (exact) mass is 456 g/mol. The average Bonchev–Trinajstić information content (AvgIpc) is 3.05. The van der Waals surface area contributed by atoms with Gasteiger partial charge in [-0.1, -0.05) is 36.0 Å². The number of thioether (sulfide) groups is 1. The molecule has 8 heteroatoms. The van der Waals surface area contributed by atoms with Gasteiger partial charge in [0.15, 0.2) is 0 Å². The Morgan fingerprint density at radius 1 is 1.16 bits per heavy atom. The molecule has 0 atom stereocenters. The Hall–Kier alpha value is -2.00. The molecule has 3 heterocycles. The van der Waals surface area contributed by atoms with E-state index in [2.05, 4.69) is 52.2 Å². The second-order valence-corrected chi connectivity index (χ2v) is 9.93. The van der Waals surface area contributed by atoms with Crippen molar-refractivity contribution in [3.8, 4) is 0 Å². The van der Waals surface area contributed by atoms with E-state index in [1.165, 1.54) is 27.8 Å². The molecule has 6 nitrogen and oxygen atoms in total. The Morgan fingerprint density at radius 3 is 2.68 bits per heavy atom. The number of carbonyl (C=O) groups is 1. The van der Waals surface area contributed by atoms with Crippen LogP contribution in [0.1, 0.15) is 27.4 Å². The van der Waals surface area contributed by atoms with Crippen LogP contribution in [0.15, 0.2) is 29.3 Å². The fourth-order valence-electron chi connectivity index (χ4n) is 3.68. The topological polar surface area (TPSA) is 67.4 Å². The molecule has 1 aliphatic rings. The number of nitrogens with zero attached hydrogens (tertiary/aromatic N) is 3. The number of aryl methyl sites for hydroxylation is 3. The lowest BCUT2D eigenvalue weighted by atomic mass is 10.1. The zero-order valence-electron chi connectivity index (χ0n) is 18.2. The van der Waals surface area contributed by atoms with E-state index in [-0.39, 0.29) is 5.91 Å². The van der Waals surface area contributed by atoms with Gasteiger partial charge in [0.2, 0.25) is 5.91 Å². The highest BCUT2D eigenvalue weighted by molar-refractivity contribution is 8.00. The number of morpholine rings is 1. The summed E-state index contributed by atoms with van der Waals surface area (Å²) < 4.78 is 5.44. The molecule has 1 N–H and O–H groups in total. The number of nitrogens with one attached hydrogen (secondary N) is 1. The van der Waals surface area contributed by atoms with Crippen LogP contribution in [0.25, 0.3) is 10.2 Å². The summed E-state index contributed by atoms with van der Waals surface area (Å²) in [5.41, 5.74) is 3.63. The summed E-state index contributed by atoms with van der Waals surface area (Å²) in [6.45, 7) is 11.0. The molecule has 0 spiro atoms. The number of ether oxygens (including phenoxy) is 1. The Kier molecular flexibility index (Phi) is 7.22. The van der Waals surface area contributed by atoms with E-state index in [1.54, 1.807) is 11.3 Å². The van der Waals surface area contributed by atoms with Crippen LogP contribution < -0.4 is 5.32 Å². The van der Waals surface area contributed by atoms with Crippen LogP contribution in [0.3, 0.4) is 0 Å². The minimum Gasteiger partial charge on any atom is -0.379 e. The summed E-state index contributed by atoms with van der Waals surface area (Å²) >= 11 is 3.18. The molecular formula is C23H28N4O2S2. The lowest BCUT2D eigenvalue weighted by molar-refractivity contribution is -0.118. The smallest absolute Gasteiger partial charge is 0.230 e. The second kappa shape index (κ2) is 10.1. The number of aromatic nitrogens is 2. The maximum absolute atomic E-state index is 12.6. The lowest BCUT2D eigenvalue weighted by Crippen LogP contribution is -2.36. The van der Waals surface area contributed by atoms with E-state index < -0.39 is 0 Å². The van der Waals surface area contributed by atoms with Crippen molar-refractivity contribution < 1.29 is 9.53 Å². The summed E-state index contributed by atoms with van der Waals surface area (Å²) in [7, 11) is 0. The Labute approximate surface area is 191 Å². The highest BCUT2D eigenvalue weighted by atomic mass is 32.2. The zero-order valence-corrected chi connectivity index (χ0v) is 19.9. The standard InChI is InChI=1S/C23H28N4O2S2/c1-15-16(2)31-23-21(15)22(25-17(3)26-23)30-14-20(28)24-12-18-6-4-5-7-19(18)13-27-8-10-29-11-9-27/h4-7H,8-14H2,1-3H3,(H,24,28). The second-order valence-electron chi connectivity index (χ2n) is 7.76. The first kappa shape index (κ1) is 22.2. The predicted molar refractivity (Wildman–Crippen MR) is 127 cm³/mol. The molecule has 1 amide bonds. The molecule has 2 aromatic heterocycles. The van der Waals surface area contributed by atoms with Crippen molar-refractivity contribution in [2.45, 2.75) is 38.9 Å². The molecule has 0 aliphatic carbocycles. The summed E-state index contributed by atoms with van der Waals surface area (Å²) in [6, 6.07) is 8.33. The van der Waals surface area contributed by atoms with Crippen LogP contribution in [0, 0.1) is 20.8 Å². The number of hydrogen-bond acceptors (Lipinski definition) is 7. The lowest BCUT2D eigenvalue weighted by Gasteiger charge is -2.27. The van der Waals surface area contributed by atoms with Gasteiger partial charge in [-0.05, 0) is 37.5 Å². The third-order valence-electron chi connectivity index (χ3n) is 5.54. The minimum absolute atomic E-state index is 0.0141. The zero-order chi connectivity index (χ0) is 21.8. The van der Waals surface area contributed by atoms with Gasteiger partial charge in [0, 0.05) is 36.4 Å². The first-order valence-corrected chi connectivity index (χ1v) is 12.3. The average molecular weight is 457 g/mol. The van der Waals surface area contributed by atoms with Crippen LogP contribution in [0.4, 0.5) is 0 Å². The van der Waals surface area contributed by atoms with Gasteiger partial charge in [-0.3, -0.25) is 9.69 Å². The number of thiophene rings is 1. The molecule has 0 saturated carbocycles. The summed E-state index contributed by atoms with van der Waals surface area (Å²) in [5.74, 6) is 1.10. The van der Waals surface area contributed by atoms with E-state index in [1.807, 2.05) is 13.0 Å². The van der Waals surface area contributed by atoms with Crippen LogP contribution in [0.2, 0.25) is 0 Å². The molecular weight excluding hydrogens is 428 g/mol. The van der Waals surface area contributed by atoms with E-state index in [0.717, 1.165) is 59.5 Å². The minimum atomic E-state index is 0.0141. The van der Waals surface area contributed by atoms with Gasteiger partial charge in [-0.2, -0.15) is 0 Å². The molecule has 0 unspecified atom stereocenters. The van der Waals surface area contributed by atoms with Crippen molar-refractivity contribution in [3.05, 3.63) is 51.7 Å². The number of hydrogen-bond donors (Lipinski definition) is 1. The van der Waals surface area contributed by atoms with Crippen molar-refractivity contribution in [2.24, 2.45) is 0 Å². The van der Waals surface area contributed by atoms with Crippen LogP contribution >= 0.6 is 23.1 Å². The third kappa shape index (κ3) is 5.44. The highest BCUT2D eigenvalue weighted by Gasteiger charge is 2.16. The van der Waals surface area contributed by atoms with Crippen molar-refractivity contribution in [1.82, 2.24) is 20.2 Å². The third-order valence-corrected chi connectivity index (χ3v) is 7.62. The Morgan fingerprint density at radius 2 is 1.90 bits per heavy atom. The van der Waals surface area contributed by atoms with E-state index in [9.17, 15) is 4.79 Å². The molecule has 164 valence electrons. The molecule has 3 aromatic rings. The molecule has 1 fully saturated rings. The SMILES string of the molecule is Cc1nc(SCC(=O)NCc2ccccc2CN2CCOCC2)c2c(C)c(C)sc2n1. The van der Waals surface area contributed by atoms with Gasteiger partial charge in [0.25, 0.3) is 0 Å². The van der Waals surface area contributed by atoms with Gasteiger partial charge in [-0.25, -0.2) is 9.97 Å². The first-order chi connectivity index (χ1) is 15.0. The molecule has 0 radical (unpaired) electrons. The van der Waals surface area contributed by atoms with Crippen LogP contribution in [-0.2, 0) is 22.6 Å². The van der Waals surface area contributed by atoms with E-state index in [4.69, 9.17) is 4.74 Å². The van der Waals surface area contributed by atoms with Crippen molar-refractivity contribution in [2.75, 3.05) is 32.1 Å². The first-order valence-electron chi connectivity index (χ1n) is 10.5. The summed E-state index contributed by atoms with van der Waals surface area (Å²) in [5, 5.41) is 5.07. The molecule has 31 heavy (non-hydrogen) atoms. The number of rotatable bonds is 7. The van der Waals surface area contributed by atoms with Gasteiger partial charge in [0.1, 0.15) is 15.7 Å². The quantitative estimate of drug-likeness (QED) is 0.430. The molecule has 1 aliphatic heterocycles. The maximum Gasteiger partial charge on any atom is 0.230 e. The number of amides is 1. The predicted octanol–water partition coefficient (Wildman–Crippen LogP) is 3.86. The van der Waals surface area contributed by atoms with Crippen LogP contribution in [0.5, 0.6) is 0 Å². The normalized spacial score (nSPS) is 14.8. The van der Waals surface area contributed by atoms with Crippen LogP contribution in [-0.4, -0.2) is 52.8 Å². The van der Waals surface area contributed by atoms with Gasteiger partial charge >= 0.3 is 0 Å². The number of benzene rings is 1. The highest BCUT2D eigenvalue weighted by Crippen LogP contribution is 2.35. The number of carbonyl (C=O) groups excluding carboxylic acids is 1. The molecule has 1 aromatic carbocycles. The molecule has 4 rings (SSSR count). The maximum atomic E-state index is 12.6. The largest absolute Gasteiger partial charge is 0.379 e. The molecule has 1 saturated heterocycles. The van der Waals surface area contributed by atoms with Gasteiger partial charge in [-0.15, -0.1) is 11.3 Å². The molecule has 0 bridgehead atoms.